The molecule has 0 spiro atoms. The normalized spacial score (nSPS) is 18.4. The van der Waals surface area contributed by atoms with Crippen molar-refractivity contribution in [2.24, 2.45) is 5.41 Å². The van der Waals surface area contributed by atoms with Crippen LogP contribution in [0.1, 0.15) is 62.8 Å². The zero-order valence-corrected chi connectivity index (χ0v) is 23.5. The van der Waals surface area contributed by atoms with E-state index in [4.69, 9.17) is 11.6 Å². The summed E-state index contributed by atoms with van der Waals surface area (Å²) in [7, 11) is 0. The smallest absolute Gasteiger partial charge is 0.231 e. The van der Waals surface area contributed by atoms with E-state index in [-0.39, 0.29) is 42.1 Å². The van der Waals surface area contributed by atoms with Gasteiger partial charge in [-0.05, 0) is 41.9 Å². The molecule has 1 saturated heterocycles. The molecule has 0 bridgehead atoms. The second-order valence-corrected chi connectivity index (χ2v) is 11.0. The Morgan fingerprint density at radius 2 is 1.77 bits per heavy atom. The van der Waals surface area contributed by atoms with E-state index in [1.54, 1.807) is 6.33 Å². The summed E-state index contributed by atoms with van der Waals surface area (Å²) >= 11 is 6.11. The number of halogens is 3. The minimum atomic E-state index is -0.223. The van der Waals surface area contributed by atoms with Crippen LogP contribution in [0.4, 0.5) is 5.82 Å². The summed E-state index contributed by atoms with van der Waals surface area (Å²) in [5.74, 6) is 1.52. The Kier molecular flexibility index (Phi) is 10.6. The lowest BCUT2D eigenvalue weighted by molar-refractivity contribution is -0.133. The number of hydrogen-bond acceptors (Lipinski definition) is 5. The third-order valence-corrected chi connectivity index (χ3v) is 6.97. The zero-order valence-electron chi connectivity index (χ0n) is 21.1. The Bertz CT molecular complexity index is 972. The molecule has 0 saturated carbocycles. The lowest BCUT2D eigenvalue weighted by Crippen LogP contribution is -2.51. The summed E-state index contributed by atoms with van der Waals surface area (Å²) in [4.78, 5) is 27.1. The molecule has 1 unspecified atom stereocenters. The number of aromatic nitrogens is 2. The first-order chi connectivity index (χ1) is 15.7. The Morgan fingerprint density at radius 3 is 2.40 bits per heavy atom. The zero-order chi connectivity index (χ0) is 23.6. The highest BCUT2D eigenvalue weighted by Crippen LogP contribution is 2.37. The van der Waals surface area contributed by atoms with Crippen LogP contribution in [0.15, 0.2) is 30.6 Å². The second kappa shape index (κ2) is 12.6. The van der Waals surface area contributed by atoms with E-state index in [1.165, 1.54) is 11.3 Å². The van der Waals surface area contributed by atoms with Gasteiger partial charge in [0.2, 0.25) is 5.91 Å². The molecule has 1 N–H and O–H groups in total. The highest BCUT2D eigenvalue weighted by Gasteiger charge is 2.32. The number of carbonyl (C=O) groups is 1. The van der Waals surface area contributed by atoms with Gasteiger partial charge in [-0.25, -0.2) is 9.97 Å². The lowest BCUT2D eigenvalue weighted by Gasteiger charge is -2.38. The molecular formula is C26H38Cl3N5O. The van der Waals surface area contributed by atoms with Gasteiger partial charge in [-0.2, -0.15) is 0 Å². The molecule has 6 nitrogen and oxygen atoms in total. The van der Waals surface area contributed by atoms with Crippen LogP contribution in [-0.4, -0.2) is 60.0 Å². The third-order valence-electron chi connectivity index (χ3n) is 6.72. The van der Waals surface area contributed by atoms with Crippen LogP contribution < -0.4 is 10.2 Å². The van der Waals surface area contributed by atoms with Crippen LogP contribution in [0.2, 0.25) is 5.02 Å². The second-order valence-electron chi connectivity index (χ2n) is 10.6. The number of anilines is 1. The minimum Gasteiger partial charge on any atom is -0.353 e. The molecule has 1 aliphatic carbocycles. The van der Waals surface area contributed by atoms with Crippen molar-refractivity contribution in [2.45, 2.75) is 52.4 Å². The van der Waals surface area contributed by atoms with Crippen LogP contribution in [0.5, 0.6) is 0 Å². The first kappa shape index (κ1) is 29.6. The van der Waals surface area contributed by atoms with E-state index in [9.17, 15) is 4.79 Å². The van der Waals surface area contributed by atoms with Gasteiger partial charge in [0.1, 0.15) is 12.1 Å². The van der Waals surface area contributed by atoms with Gasteiger partial charge in [-0.3, -0.25) is 4.79 Å². The van der Waals surface area contributed by atoms with Crippen molar-refractivity contribution >= 4 is 48.1 Å². The van der Waals surface area contributed by atoms with Crippen molar-refractivity contribution < 1.29 is 4.79 Å². The molecule has 0 radical (unpaired) electrons. The summed E-state index contributed by atoms with van der Waals surface area (Å²) < 4.78 is 0. The van der Waals surface area contributed by atoms with Crippen molar-refractivity contribution in [1.29, 1.82) is 0 Å². The Labute approximate surface area is 227 Å². The largest absolute Gasteiger partial charge is 0.353 e. The van der Waals surface area contributed by atoms with Crippen molar-refractivity contribution in [3.63, 3.8) is 0 Å². The van der Waals surface area contributed by atoms with Gasteiger partial charge in [-0.1, -0.05) is 51.4 Å². The van der Waals surface area contributed by atoms with Crippen LogP contribution >= 0.6 is 36.4 Å². The Morgan fingerprint density at radius 1 is 1.11 bits per heavy atom. The third kappa shape index (κ3) is 7.22. The first-order valence-corrected chi connectivity index (χ1v) is 12.4. The average Bonchev–Trinajstić information content (AvgIpc) is 3.18. The number of hydrogen-bond donors (Lipinski definition) is 1. The van der Waals surface area contributed by atoms with E-state index < -0.39 is 0 Å². The lowest BCUT2D eigenvalue weighted by atomic mass is 9.94. The predicted molar refractivity (Wildman–Crippen MR) is 149 cm³/mol. The fraction of sp³-hybridized carbons (Fsp3) is 0.577. The molecule has 4 rings (SSSR count). The van der Waals surface area contributed by atoms with Gasteiger partial charge in [0.15, 0.2) is 0 Å². The van der Waals surface area contributed by atoms with E-state index in [2.05, 4.69) is 47.9 Å². The van der Waals surface area contributed by atoms with Crippen LogP contribution in [0.3, 0.4) is 0 Å². The number of fused-ring (bicyclic) bond motifs is 1. The molecule has 2 aliphatic rings. The number of benzene rings is 1. The van der Waals surface area contributed by atoms with Gasteiger partial charge in [0, 0.05) is 55.5 Å². The fourth-order valence-corrected chi connectivity index (χ4v) is 4.99. The van der Waals surface area contributed by atoms with Crippen LogP contribution in [-0.2, 0) is 11.2 Å². The topological polar surface area (TPSA) is 61.4 Å². The molecule has 2 heterocycles. The molecule has 9 heteroatoms. The number of aryl methyl sites for hydroxylation is 1. The molecule has 2 aromatic rings. The van der Waals surface area contributed by atoms with Crippen molar-refractivity contribution in [3.05, 3.63) is 52.4 Å². The van der Waals surface area contributed by atoms with Gasteiger partial charge < -0.3 is 15.1 Å². The maximum absolute atomic E-state index is 13.6. The standard InChI is InChI=1S/C26H36ClN5O.2ClH/c1-18-5-10-22-23(18)24(30-17-29-22)31-11-13-32(14-12-31)25(33)21(15-28-16-26(2,3)4)19-6-8-20(27)9-7-19;;/h6-9,17-18,21,28H,5,10-16H2,1-4H3;2*1H/t18-,21?;;/m1../s1. The summed E-state index contributed by atoms with van der Waals surface area (Å²) in [5.41, 5.74) is 3.67. The monoisotopic (exact) mass is 541 g/mol. The number of amides is 1. The molecule has 1 aromatic carbocycles. The van der Waals surface area contributed by atoms with E-state index in [0.29, 0.717) is 30.6 Å². The van der Waals surface area contributed by atoms with Crippen molar-refractivity contribution in [3.8, 4) is 0 Å². The van der Waals surface area contributed by atoms with Crippen LogP contribution in [0, 0.1) is 5.41 Å². The van der Waals surface area contributed by atoms with Crippen LogP contribution in [0.25, 0.3) is 0 Å². The highest BCUT2D eigenvalue weighted by molar-refractivity contribution is 6.30. The summed E-state index contributed by atoms with van der Waals surface area (Å²) in [6.45, 7) is 13.3. The molecular weight excluding hydrogens is 505 g/mol. The molecule has 1 amide bonds. The molecule has 1 fully saturated rings. The van der Waals surface area contributed by atoms with E-state index >= 15 is 0 Å². The molecule has 1 aliphatic heterocycles. The maximum Gasteiger partial charge on any atom is 0.231 e. The SMILES string of the molecule is C[C@@H]1CCc2ncnc(N3CCN(C(=O)C(CNCC(C)(C)C)c4ccc(Cl)cc4)CC3)c21.Cl.Cl. The molecule has 35 heavy (non-hydrogen) atoms. The molecule has 2 atom stereocenters. The Balaban J connectivity index is 0.00000216. The summed E-state index contributed by atoms with van der Waals surface area (Å²) in [6.07, 6.45) is 3.87. The quantitative estimate of drug-likeness (QED) is 0.551. The van der Waals surface area contributed by atoms with Gasteiger partial charge >= 0.3 is 0 Å². The average molecular weight is 543 g/mol. The molecule has 1 aromatic heterocycles. The summed E-state index contributed by atoms with van der Waals surface area (Å²) in [6, 6.07) is 7.70. The maximum atomic E-state index is 13.6. The number of nitrogens with one attached hydrogen (secondary N) is 1. The molecule has 194 valence electrons. The number of nitrogens with zero attached hydrogens (tertiary/aromatic N) is 4. The van der Waals surface area contributed by atoms with E-state index in [1.807, 2.05) is 29.2 Å². The van der Waals surface area contributed by atoms with Gasteiger partial charge in [0.25, 0.3) is 0 Å². The number of carbonyl (C=O) groups excluding carboxylic acids is 1. The predicted octanol–water partition coefficient (Wildman–Crippen LogP) is 5.09. The number of piperazine rings is 1. The fourth-order valence-electron chi connectivity index (χ4n) is 4.87. The number of rotatable bonds is 6. The first-order valence-electron chi connectivity index (χ1n) is 12.1. The summed E-state index contributed by atoms with van der Waals surface area (Å²) in [5, 5.41) is 4.21. The minimum absolute atomic E-state index is 0. The van der Waals surface area contributed by atoms with Gasteiger partial charge in [-0.15, -0.1) is 24.8 Å². The van der Waals surface area contributed by atoms with Crippen molar-refractivity contribution in [1.82, 2.24) is 20.2 Å². The van der Waals surface area contributed by atoms with Crippen molar-refractivity contribution in [2.75, 3.05) is 44.2 Å². The van der Waals surface area contributed by atoms with Gasteiger partial charge in [0.05, 0.1) is 5.92 Å². The Hall–Kier alpha value is -1.60. The highest BCUT2D eigenvalue weighted by atomic mass is 35.5. The van der Waals surface area contributed by atoms with E-state index in [0.717, 1.165) is 43.9 Å².